The van der Waals surface area contributed by atoms with Gasteiger partial charge in [-0.05, 0) is 48.4 Å². The Bertz CT molecular complexity index is 991. The standard InChI is InChI=1S/C21H26ClN3O3S2/c1-16-17(14-25-10-12-29-13-11-25)4-3-5-20(16)23-21(26)15-24(2)30(27,28)19-8-6-18(22)7-9-19/h3-9H,10-15H2,1-2H3,(H,23,26). The number of likely N-dealkylation sites (N-methyl/N-ethyl adjacent to an activating group) is 1. The van der Waals surface area contributed by atoms with E-state index in [9.17, 15) is 13.2 Å². The summed E-state index contributed by atoms with van der Waals surface area (Å²) in [6.45, 7) is 4.68. The van der Waals surface area contributed by atoms with Gasteiger partial charge in [-0.25, -0.2) is 8.42 Å². The zero-order valence-electron chi connectivity index (χ0n) is 17.1. The van der Waals surface area contributed by atoms with Crippen LogP contribution in [-0.2, 0) is 21.4 Å². The van der Waals surface area contributed by atoms with Crippen LogP contribution in [0.25, 0.3) is 0 Å². The smallest absolute Gasteiger partial charge is 0.243 e. The van der Waals surface area contributed by atoms with Gasteiger partial charge in [0.15, 0.2) is 0 Å². The minimum absolute atomic E-state index is 0.0973. The molecule has 0 aromatic heterocycles. The van der Waals surface area contributed by atoms with Crippen molar-refractivity contribution >= 4 is 45.0 Å². The number of hydrogen-bond acceptors (Lipinski definition) is 5. The molecule has 1 saturated heterocycles. The van der Waals surface area contributed by atoms with Gasteiger partial charge in [0.05, 0.1) is 11.4 Å². The van der Waals surface area contributed by atoms with Gasteiger partial charge in [-0.15, -0.1) is 0 Å². The lowest BCUT2D eigenvalue weighted by atomic mass is 10.1. The van der Waals surface area contributed by atoms with Crippen molar-refractivity contribution in [2.24, 2.45) is 0 Å². The van der Waals surface area contributed by atoms with E-state index in [1.165, 1.54) is 36.9 Å². The molecule has 1 fully saturated rings. The molecule has 3 rings (SSSR count). The van der Waals surface area contributed by atoms with Gasteiger partial charge in [-0.3, -0.25) is 9.69 Å². The topological polar surface area (TPSA) is 69.7 Å². The summed E-state index contributed by atoms with van der Waals surface area (Å²) >= 11 is 7.80. The Labute approximate surface area is 187 Å². The van der Waals surface area contributed by atoms with Gasteiger partial charge in [0.1, 0.15) is 0 Å². The molecule has 2 aromatic carbocycles. The predicted molar refractivity (Wildman–Crippen MR) is 124 cm³/mol. The van der Waals surface area contributed by atoms with Gasteiger partial charge in [0.2, 0.25) is 15.9 Å². The lowest BCUT2D eigenvalue weighted by molar-refractivity contribution is -0.116. The van der Waals surface area contributed by atoms with Crippen molar-refractivity contribution in [2.75, 3.05) is 43.5 Å². The number of nitrogens with zero attached hydrogens (tertiary/aromatic N) is 2. The first-order valence-corrected chi connectivity index (χ1v) is 12.6. The molecule has 0 unspecified atom stereocenters. The summed E-state index contributed by atoms with van der Waals surface area (Å²) in [5.74, 6) is 1.90. The van der Waals surface area contributed by atoms with E-state index in [-0.39, 0.29) is 17.3 Å². The van der Waals surface area contributed by atoms with Crippen LogP contribution < -0.4 is 5.32 Å². The average molecular weight is 468 g/mol. The van der Waals surface area contributed by atoms with Crippen LogP contribution in [0.3, 0.4) is 0 Å². The van der Waals surface area contributed by atoms with Gasteiger partial charge in [0, 0.05) is 48.9 Å². The molecule has 9 heteroatoms. The fourth-order valence-corrected chi connectivity index (χ4v) is 5.49. The molecule has 0 atom stereocenters. The predicted octanol–water partition coefficient (Wildman–Crippen LogP) is 3.46. The second-order valence-electron chi connectivity index (χ2n) is 7.24. The van der Waals surface area contributed by atoms with Gasteiger partial charge in [-0.2, -0.15) is 16.1 Å². The summed E-state index contributed by atoms with van der Waals surface area (Å²) in [6, 6.07) is 11.7. The van der Waals surface area contributed by atoms with Crippen LogP contribution in [0.5, 0.6) is 0 Å². The Morgan fingerprint density at radius 1 is 1.17 bits per heavy atom. The van der Waals surface area contributed by atoms with Crippen LogP contribution in [-0.4, -0.2) is 61.7 Å². The van der Waals surface area contributed by atoms with Crippen molar-refractivity contribution < 1.29 is 13.2 Å². The maximum atomic E-state index is 12.7. The summed E-state index contributed by atoms with van der Waals surface area (Å²) in [6.07, 6.45) is 0. The average Bonchev–Trinajstić information content (AvgIpc) is 2.72. The Kier molecular flexibility index (Phi) is 7.81. The fourth-order valence-electron chi connectivity index (χ4n) is 3.25. The molecule has 162 valence electrons. The number of carbonyl (C=O) groups is 1. The molecule has 0 spiro atoms. The zero-order chi connectivity index (χ0) is 21.7. The first-order valence-electron chi connectivity index (χ1n) is 9.68. The van der Waals surface area contributed by atoms with Crippen molar-refractivity contribution in [1.29, 1.82) is 0 Å². The maximum Gasteiger partial charge on any atom is 0.243 e. The largest absolute Gasteiger partial charge is 0.325 e. The number of nitrogens with one attached hydrogen (secondary N) is 1. The van der Waals surface area contributed by atoms with E-state index in [2.05, 4.69) is 16.3 Å². The van der Waals surface area contributed by atoms with Gasteiger partial charge >= 0.3 is 0 Å². The monoisotopic (exact) mass is 467 g/mol. The summed E-state index contributed by atoms with van der Waals surface area (Å²) in [5, 5.41) is 3.31. The molecule has 2 aromatic rings. The molecule has 30 heavy (non-hydrogen) atoms. The zero-order valence-corrected chi connectivity index (χ0v) is 19.5. The van der Waals surface area contributed by atoms with Gasteiger partial charge in [0.25, 0.3) is 0 Å². The van der Waals surface area contributed by atoms with E-state index >= 15 is 0 Å². The molecule has 0 radical (unpaired) electrons. The second-order valence-corrected chi connectivity index (χ2v) is 10.9. The lowest BCUT2D eigenvalue weighted by Gasteiger charge is -2.27. The number of benzene rings is 2. The highest BCUT2D eigenvalue weighted by Gasteiger charge is 2.23. The Balaban J connectivity index is 1.65. The molecule has 0 bridgehead atoms. The molecular formula is C21H26ClN3O3S2. The van der Waals surface area contributed by atoms with Crippen LogP contribution in [0.15, 0.2) is 47.4 Å². The molecule has 1 N–H and O–H groups in total. The van der Waals surface area contributed by atoms with E-state index in [0.717, 1.165) is 41.0 Å². The van der Waals surface area contributed by atoms with Crippen LogP contribution in [0.2, 0.25) is 5.02 Å². The number of amides is 1. The number of halogens is 1. The summed E-state index contributed by atoms with van der Waals surface area (Å²) < 4.78 is 26.4. The first-order chi connectivity index (χ1) is 14.3. The first kappa shape index (κ1) is 23.1. The van der Waals surface area contributed by atoms with E-state index < -0.39 is 10.0 Å². The number of hydrogen-bond donors (Lipinski definition) is 1. The van der Waals surface area contributed by atoms with Crippen LogP contribution in [0.4, 0.5) is 5.69 Å². The van der Waals surface area contributed by atoms with Crippen LogP contribution in [0.1, 0.15) is 11.1 Å². The molecule has 6 nitrogen and oxygen atoms in total. The molecule has 1 heterocycles. The Morgan fingerprint density at radius 3 is 2.50 bits per heavy atom. The number of thioether (sulfide) groups is 1. The van der Waals surface area contributed by atoms with Crippen LogP contribution >= 0.6 is 23.4 Å². The van der Waals surface area contributed by atoms with Crippen molar-refractivity contribution in [2.45, 2.75) is 18.4 Å². The van der Waals surface area contributed by atoms with E-state index in [1.54, 1.807) is 0 Å². The molecule has 1 aliphatic heterocycles. The van der Waals surface area contributed by atoms with Crippen molar-refractivity contribution in [1.82, 2.24) is 9.21 Å². The third-order valence-corrected chi connectivity index (χ3v) is 8.12. The van der Waals surface area contributed by atoms with Gasteiger partial charge in [-0.1, -0.05) is 23.7 Å². The van der Waals surface area contributed by atoms with Crippen LogP contribution in [0, 0.1) is 6.92 Å². The maximum absolute atomic E-state index is 12.7. The SMILES string of the molecule is Cc1c(CN2CCSCC2)cccc1NC(=O)CN(C)S(=O)(=O)c1ccc(Cl)cc1. The fraction of sp³-hybridized carbons (Fsp3) is 0.381. The Morgan fingerprint density at radius 2 is 1.83 bits per heavy atom. The number of carbonyl (C=O) groups excluding carboxylic acids is 1. The molecule has 1 amide bonds. The normalized spacial score (nSPS) is 15.3. The number of sulfonamides is 1. The third kappa shape index (κ3) is 5.76. The molecular weight excluding hydrogens is 442 g/mol. The van der Waals surface area contributed by atoms with E-state index in [0.29, 0.717) is 10.7 Å². The lowest BCUT2D eigenvalue weighted by Crippen LogP contribution is -2.35. The van der Waals surface area contributed by atoms with Crippen molar-refractivity contribution in [3.8, 4) is 0 Å². The minimum Gasteiger partial charge on any atom is -0.325 e. The minimum atomic E-state index is -3.78. The highest BCUT2D eigenvalue weighted by molar-refractivity contribution is 7.99. The van der Waals surface area contributed by atoms with Crippen molar-refractivity contribution in [3.63, 3.8) is 0 Å². The Hall–Kier alpha value is -1.58. The van der Waals surface area contributed by atoms with E-state index in [4.69, 9.17) is 11.6 Å². The molecule has 0 aliphatic carbocycles. The molecule has 0 saturated carbocycles. The van der Waals surface area contributed by atoms with Gasteiger partial charge < -0.3 is 5.32 Å². The molecule has 1 aliphatic rings. The summed E-state index contributed by atoms with van der Waals surface area (Å²) in [5.41, 5.74) is 2.88. The quantitative estimate of drug-likeness (QED) is 0.675. The highest BCUT2D eigenvalue weighted by Crippen LogP contribution is 2.22. The number of rotatable bonds is 7. The third-order valence-electron chi connectivity index (χ3n) is 5.11. The van der Waals surface area contributed by atoms with E-state index in [1.807, 2.05) is 30.8 Å². The highest BCUT2D eigenvalue weighted by atomic mass is 35.5. The summed E-state index contributed by atoms with van der Waals surface area (Å²) in [7, 11) is -2.39. The van der Waals surface area contributed by atoms with Crippen molar-refractivity contribution in [3.05, 3.63) is 58.6 Å². The number of anilines is 1. The second kappa shape index (κ2) is 10.2. The summed E-state index contributed by atoms with van der Waals surface area (Å²) in [4.78, 5) is 15.1.